The van der Waals surface area contributed by atoms with E-state index in [2.05, 4.69) is 10.3 Å². The highest BCUT2D eigenvalue weighted by atomic mass is 16.1. The van der Waals surface area contributed by atoms with Crippen LogP contribution in [0.4, 0.5) is 5.82 Å². The minimum absolute atomic E-state index is 0.434. The van der Waals surface area contributed by atoms with Crippen molar-refractivity contribution in [3.05, 3.63) is 23.9 Å². The molecule has 4 heteroatoms. The summed E-state index contributed by atoms with van der Waals surface area (Å²) in [5.41, 5.74) is 5.56. The molecule has 0 saturated heterocycles. The number of carbonyl (C=O) groups is 1. The molecule has 1 amide bonds. The van der Waals surface area contributed by atoms with Crippen LogP contribution in [-0.2, 0) is 0 Å². The fourth-order valence-corrected chi connectivity index (χ4v) is 0.862. The van der Waals surface area contributed by atoms with E-state index in [1.54, 1.807) is 18.3 Å². The zero-order valence-corrected chi connectivity index (χ0v) is 6.87. The molecule has 64 valence electrons. The fourth-order valence-electron chi connectivity index (χ4n) is 0.862. The average Bonchev–Trinajstić information content (AvgIpc) is 2.05. The normalized spacial score (nSPS) is 9.42. The molecule has 0 radical (unpaired) electrons. The molecule has 0 aliphatic carbocycles. The molecule has 0 fully saturated rings. The lowest BCUT2D eigenvalue weighted by molar-refractivity contribution is 0.1000. The van der Waals surface area contributed by atoms with Crippen molar-refractivity contribution in [2.45, 2.75) is 6.92 Å². The van der Waals surface area contributed by atoms with Gasteiger partial charge in [-0.1, -0.05) is 0 Å². The first kappa shape index (κ1) is 8.52. The Bertz CT molecular complexity index is 285. The molecule has 1 heterocycles. The number of nitrogens with zero attached hydrogens (tertiary/aromatic N) is 1. The van der Waals surface area contributed by atoms with Crippen molar-refractivity contribution in [3.63, 3.8) is 0 Å². The summed E-state index contributed by atoms with van der Waals surface area (Å²) in [5, 5.41) is 2.98. The van der Waals surface area contributed by atoms with Crippen LogP contribution in [-0.4, -0.2) is 17.4 Å². The first-order chi connectivity index (χ1) is 5.74. The smallest absolute Gasteiger partial charge is 0.248 e. The second-order valence-corrected chi connectivity index (χ2v) is 2.32. The van der Waals surface area contributed by atoms with E-state index in [9.17, 15) is 4.79 Å². The quantitative estimate of drug-likeness (QED) is 0.689. The van der Waals surface area contributed by atoms with Gasteiger partial charge >= 0.3 is 0 Å². The van der Waals surface area contributed by atoms with E-state index in [4.69, 9.17) is 5.73 Å². The lowest BCUT2D eigenvalue weighted by atomic mass is 10.2. The summed E-state index contributed by atoms with van der Waals surface area (Å²) in [6.45, 7) is 2.73. The van der Waals surface area contributed by atoms with Gasteiger partial charge in [-0.15, -0.1) is 0 Å². The van der Waals surface area contributed by atoms with Gasteiger partial charge in [0.15, 0.2) is 0 Å². The van der Waals surface area contributed by atoms with Gasteiger partial charge in [-0.3, -0.25) is 4.79 Å². The Morgan fingerprint density at radius 1 is 1.75 bits per heavy atom. The topological polar surface area (TPSA) is 68.0 Å². The SMILES string of the molecule is CCNc1cc(C(N)=O)ccn1. The van der Waals surface area contributed by atoms with Crippen molar-refractivity contribution < 1.29 is 4.79 Å². The maximum atomic E-state index is 10.7. The minimum Gasteiger partial charge on any atom is -0.370 e. The Balaban J connectivity index is 2.88. The van der Waals surface area contributed by atoms with Crippen molar-refractivity contribution in [2.24, 2.45) is 5.73 Å². The molecule has 3 N–H and O–H groups in total. The van der Waals surface area contributed by atoms with E-state index < -0.39 is 5.91 Å². The van der Waals surface area contributed by atoms with Gasteiger partial charge in [-0.2, -0.15) is 0 Å². The number of primary amides is 1. The number of amides is 1. The summed E-state index contributed by atoms with van der Waals surface area (Å²) >= 11 is 0. The molecular weight excluding hydrogens is 154 g/mol. The molecule has 1 rings (SSSR count). The molecule has 0 atom stereocenters. The van der Waals surface area contributed by atoms with Gasteiger partial charge in [0.25, 0.3) is 0 Å². The highest BCUT2D eigenvalue weighted by Crippen LogP contribution is 2.04. The van der Waals surface area contributed by atoms with Crippen LogP contribution in [0, 0.1) is 0 Å². The summed E-state index contributed by atoms with van der Waals surface area (Å²) in [5.74, 6) is 0.241. The van der Waals surface area contributed by atoms with Crippen LogP contribution in [0.25, 0.3) is 0 Å². The lowest BCUT2D eigenvalue weighted by Crippen LogP contribution is -2.11. The van der Waals surface area contributed by atoms with Crippen molar-refractivity contribution in [2.75, 3.05) is 11.9 Å². The number of carbonyl (C=O) groups excluding carboxylic acids is 1. The molecule has 0 unspecified atom stereocenters. The van der Waals surface area contributed by atoms with Crippen LogP contribution in [0.3, 0.4) is 0 Å². The third-order valence-corrected chi connectivity index (χ3v) is 1.40. The summed E-state index contributed by atoms with van der Waals surface area (Å²) in [7, 11) is 0. The van der Waals surface area contributed by atoms with Crippen LogP contribution in [0.2, 0.25) is 0 Å². The van der Waals surface area contributed by atoms with Crippen molar-refractivity contribution in [1.29, 1.82) is 0 Å². The van der Waals surface area contributed by atoms with E-state index in [0.717, 1.165) is 6.54 Å². The van der Waals surface area contributed by atoms with Gasteiger partial charge < -0.3 is 11.1 Å². The van der Waals surface area contributed by atoms with Crippen LogP contribution in [0.15, 0.2) is 18.3 Å². The van der Waals surface area contributed by atoms with E-state index in [-0.39, 0.29) is 0 Å². The standard InChI is InChI=1S/C8H11N3O/c1-2-10-7-5-6(8(9)12)3-4-11-7/h3-5H,2H2,1H3,(H2,9,12)(H,10,11). The van der Waals surface area contributed by atoms with Crippen LogP contribution < -0.4 is 11.1 Å². The first-order valence-electron chi connectivity index (χ1n) is 3.73. The fraction of sp³-hybridized carbons (Fsp3) is 0.250. The van der Waals surface area contributed by atoms with Gasteiger partial charge in [0.1, 0.15) is 5.82 Å². The molecule has 1 aromatic heterocycles. The molecule has 1 aromatic rings. The number of nitrogens with one attached hydrogen (secondary N) is 1. The monoisotopic (exact) mass is 165 g/mol. The molecule has 0 aliphatic rings. The number of anilines is 1. The van der Waals surface area contributed by atoms with Gasteiger partial charge in [-0.05, 0) is 19.1 Å². The maximum absolute atomic E-state index is 10.7. The number of pyridine rings is 1. The second-order valence-electron chi connectivity index (χ2n) is 2.32. The number of aromatic nitrogens is 1. The van der Waals surface area contributed by atoms with Crippen molar-refractivity contribution in [1.82, 2.24) is 4.98 Å². The lowest BCUT2D eigenvalue weighted by Gasteiger charge is -2.01. The van der Waals surface area contributed by atoms with Gasteiger partial charge in [-0.25, -0.2) is 4.98 Å². The van der Waals surface area contributed by atoms with E-state index >= 15 is 0 Å². The van der Waals surface area contributed by atoms with Crippen molar-refractivity contribution >= 4 is 11.7 Å². The minimum atomic E-state index is -0.434. The summed E-state index contributed by atoms with van der Waals surface area (Å²) in [4.78, 5) is 14.7. The summed E-state index contributed by atoms with van der Waals surface area (Å²) in [6.07, 6.45) is 1.55. The molecule has 0 spiro atoms. The molecule has 0 bridgehead atoms. The van der Waals surface area contributed by atoms with Crippen molar-refractivity contribution in [3.8, 4) is 0 Å². The molecule has 4 nitrogen and oxygen atoms in total. The first-order valence-corrected chi connectivity index (χ1v) is 3.73. The van der Waals surface area contributed by atoms with Gasteiger partial charge in [0, 0.05) is 18.3 Å². The van der Waals surface area contributed by atoms with Crippen LogP contribution in [0.5, 0.6) is 0 Å². The maximum Gasteiger partial charge on any atom is 0.248 e. The van der Waals surface area contributed by atoms with E-state index in [1.807, 2.05) is 6.92 Å². The Hall–Kier alpha value is -1.58. The predicted octanol–water partition coefficient (Wildman–Crippen LogP) is 0.612. The molecule has 0 aliphatic heterocycles. The van der Waals surface area contributed by atoms with Crippen LogP contribution in [0.1, 0.15) is 17.3 Å². The molecule has 0 saturated carbocycles. The summed E-state index contributed by atoms with van der Waals surface area (Å²) < 4.78 is 0. The highest BCUT2D eigenvalue weighted by molar-refractivity contribution is 5.93. The zero-order valence-electron chi connectivity index (χ0n) is 6.87. The Labute approximate surface area is 70.8 Å². The zero-order chi connectivity index (χ0) is 8.97. The molecule has 0 aromatic carbocycles. The Morgan fingerprint density at radius 3 is 3.08 bits per heavy atom. The van der Waals surface area contributed by atoms with E-state index in [0.29, 0.717) is 11.4 Å². The summed E-state index contributed by atoms with van der Waals surface area (Å²) in [6, 6.07) is 3.22. The molecular formula is C8H11N3O. The van der Waals surface area contributed by atoms with Gasteiger partial charge in [0.2, 0.25) is 5.91 Å². The largest absolute Gasteiger partial charge is 0.370 e. The van der Waals surface area contributed by atoms with E-state index in [1.165, 1.54) is 0 Å². The number of rotatable bonds is 3. The third-order valence-electron chi connectivity index (χ3n) is 1.40. The number of nitrogens with two attached hydrogens (primary N) is 1. The van der Waals surface area contributed by atoms with Gasteiger partial charge in [0.05, 0.1) is 0 Å². The average molecular weight is 165 g/mol. The second kappa shape index (κ2) is 3.71. The number of hydrogen-bond donors (Lipinski definition) is 2. The molecule has 12 heavy (non-hydrogen) atoms. The Morgan fingerprint density at radius 2 is 2.50 bits per heavy atom. The highest BCUT2D eigenvalue weighted by Gasteiger charge is 2.00. The number of hydrogen-bond acceptors (Lipinski definition) is 3. The predicted molar refractivity (Wildman–Crippen MR) is 46.9 cm³/mol. The van der Waals surface area contributed by atoms with Crippen LogP contribution >= 0.6 is 0 Å². The Kier molecular flexibility index (Phi) is 2.63. The third kappa shape index (κ3) is 1.95.